The molecule has 0 amide bonds. The Morgan fingerprint density at radius 3 is 2.50 bits per heavy atom. The van der Waals surface area contributed by atoms with Crippen LogP contribution in [0.1, 0.15) is 0 Å². The van der Waals surface area contributed by atoms with Crippen molar-refractivity contribution < 1.29 is 4.84 Å². The van der Waals surface area contributed by atoms with Gasteiger partial charge < -0.3 is 5.73 Å². The zero-order chi connectivity index (χ0) is 4.99. The molecule has 0 bridgehead atoms. The van der Waals surface area contributed by atoms with Crippen molar-refractivity contribution in [2.45, 2.75) is 0 Å². The number of thiocarbonyl (C=S) groups is 1. The first kappa shape index (κ1) is 5.65. The molecule has 36 valence electrons. The van der Waals surface area contributed by atoms with Crippen molar-refractivity contribution in [3.8, 4) is 0 Å². The lowest BCUT2D eigenvalue weighted by Gasteiger charge is -1.93. The predicted molar refractivity (Wildman–Crippen MR) is 26.9 cm³/mol. The second-order valence-electron chi connectivity index (χ2n) is 0.670. The van der Waals surface area contributed by atoms with Gasteiger partial charge in [0.1, 0.15) is 0 Å². The lowest BCUT2D eigenvalue weighted by molar-refractivity contribution is 0.145. The third kappa shape index (κ3) is 3.65. The molecule has 3 nitrogen and oxygen atoms in total. The molecule has 0 aromatic rings. The van der Waals surface area contributed by atoms with Crippen LogP contribution in [0.4, 0.5) is 0 Å². The second-order valence-corrected chi connectivity index (χ2v) is 1.11. The first-order valence-corrected chi connectivity index (χ1v) is 1.76. The smallest absolute Gasteiger partial charge is 0.187 e. The topological polar surface area (TPSA) is 47.3 Å². The summed E-state index contributed by atoms with van der Waals surface area (Å²) in [4.78, 5) is 4.29. The number of hydrogen-bond donors (Lipinski definition) is 2. The molecule has 0 radical (unpaired) electrons. The molecule has 0 saturated carbocycles. The molecule has 0 unspecified atom stereocenters. The number of nitrogens with one attached hydrogen (secondary N) is 1. The van der Waals surface area contributed by atoms with Crippen LogP contribution in [-0.4, -0.2) is 12.2 Å². The van der Waals surface area contributed by atoms with Gasteiger partial charge in [-0.15, -0.1) is 0 Å². The third-order valence-electron chi connectivity index (χ3n) is 0.203. The number of rotatable bonds is 1. The van der Waals surface area contributed by atoms with E-state index in [0.29, 0.717) is 0 Å². The van der Waals surface area contributed by atoms with Gasteiger partial charge in [0.15, 0.2) is 5.11 Å². The summed E-state index contributed by atoms with van der Waals surface area (Å²) in [5, 5.41) is 0.150. The van der Waals surface area contributed by atoms with E-state index in [4.69, 9.17) is 5.73 Å². The second kappa shape index (κ2) is 2.87. The molecule has 4 heteroatoms. The maximum absolute atomic E-state index is 4.90. The van der Waals surface area contributed by atoms with E-state index < -0.39 is 0 Å². The van der Waals surface area contributed by atoms with Gasteiger partial charge in [-0.05, 0) is 12.2 Å². The highest BCUT2D eigenvalue weighted by atomic mass is 32.1. The van der Waals surface area contributed by atoms with Gasteiger partial charge in [0, 0.05) is 0 Å². The molecule has 0 aliphatic rings. The molecule has 6 heavy (non-hydrogen) atoms. The van der Waals surface area contributed by atoms with Crippen molar-refractivity contribution in [2.24, 2.45) is 5.73 Å². The summed E-state index contributed by atoms with van der Waals surface area (Å²) < 4.78 is 0. The molecule has 3 N–H and O–H groups in total. The Balaban J connectivity index is 2.83. The van der Waals surface area contributed by atoms with Gasteiger partial charge in [-0.3, -0.25) is 4.84 Å². The van der Waals surface area contributed by atoms with Crippen LogP contribution in [0.5, 0.6) is 0 Å². The van der Waals surface area contributed by atoms with Gasteiger partial charge in [0.2, 0.25) is 0 Å². The molecule has 0 aromatic heterocycles. The van der Waals surface area contributed by atoms with Crippen LogP contribution in [0, 0.1) is 0 Å². The van der Waals surface area contributed by atoms with Crippen LogP contribution in [0.15, 0.2) is 0 Å². The molecule has 0 atom stereocenters. The van der Waals surface area contributed by atoms with E-state index in [9.17, 15) is 0 Å². The summed E-state index contributed by atoms with van der Waals surface area (Å²) >= 11 is 4.34. The van der Waals surface area contributed by atoms with Gasteiger partial charge in [-0.1, -0.05) is 0 Å². The number of hydrogen-bond acceptors (Lipinski definition) is 2. The Kier molecular flexibility index (Phi) is 2.70. The van der Waals surface area contributed by atoms with E-state index in [1.807, 2.05) is 0 Å². The predicted octanol–water partition coefficient (Wildman–Crippen LogP) is -0.619. The average molecular weight is 106 g/mol. The van der Waals surface area contributed by atoms with Gasteiger partial charge in [0.05, 0.1) is 7.11 Å². The number of hydroxylamine groups is 1. The highest BCUT2D eigenvalue weighted by Crippen LogP contribution is 1.52. The minimum atomic E-state index is 0.150. The molecule has 0 heterocycles. The van der Waals surface area contributed by atoms with Crippen molar-refractivity contribution in [1.29, 1.82) is 0 Å². The van der Waals surface area contributed by atoms with E-state index in [1.54, 1.807) is 0 Å². The highest BCUT2D eigenvalue weighted by Gasteiger charge is 1.74. The van der Waals surface area contributed by atoms with Crippen molar-refractivity contribution in [2.75, 3.05) is 7.11 Å². The zero-order valence-electron chi connectivity index (χ0n) is 3.39. The Bertz CT molecular complexity index is 55.5. The Hall–Kier alpha value is -0.350. The van der Waals surface area contributed by atoms with Crippen LogP contribution in [-0.2, 0) is 4.84 Å². The zero-order valence-corrected chi connectivity index (χ0v) is 4.21. The Morgan fingerprint density at radius 2 is 2.50 bits per heavy atom. The summed E-state index contributed by atoms with van der Waals surface area (Å²) in [5.74, 6) is 0. The van der Waals surface area contributed by atoms with Gasteiger partial charge in [0.25, 0.3) is 0 Å². The Morgan fingerprint density at radius 1 is 2.00 bits per heavy atom. The molecule has 0 aromatic carbocycles. The molecule has 0 spiro atoms. The fourth-order valence-corrected chi connectivity index (χ4v) is 0.184. The Labute approximate surface area is 41.4 Å². The molecule has 0 aliphatic heterocycles. The van der Waals surface area contributed by atoms with Crippen molar-refractivity contribution in [3.63, 3.8) is 0 Å². The SMILES string of the molecule is CONC(N)=S. The maximum Gasteiger partial charge on any atom is 0.187 e. The van der Waals surface area contributed by atoms with Gasteiger partial charge >= 0.3 is 0 Å². The van der Waals surface area contributed by atoms with Crippen LogP contribution >= 0.6 is 12.2 Å². The molecule has 0 saturated heterocycles. The minimum Gasteiger partial charge on any atom is -0.375 e. The number of nitrogens with two attached hydrogens (primary N) is 1. The molecule has 0 aliphatic carbocycles. The summed E-state index contributed by atoms with van der Waals surface area (Å²) in [6.07, 6.45) is 0. The maximum atomic E-state index is 4.90. The van der Waals surface area contributed by atoms with E-state index in [-0.39, 0.29) is 5.11 Å². The van der Waals surface area contributed by atoms with Crippen LogP contribution in [0.2, 0.25) is 0 Å². The van der Waals surface area contributed by atoms with Gasteiger partial charge in [-0.25, -0.2) is 5.48 Å². The summed E-state index contributed by atoms with van der Waals surface area (Å²) in [6.45, 7) is 0. The first-order chi connectivity index (χ1) is 2.77. The van der Waals surface area contributed by atoms with Crippen LogP contribution in [0.25, 0.3) is 0 Å². The lowest BCUT2D eigenvalue weighted by atomic mass is 11.2. The quantitative estimate of drug-likeness (QED) is 0.345. The summed E-state index contributed by atoms with van der Waals surface area (Å²) in [7, 11) is 1.44. The van der Waals surface area contributed by atoms with Crippen LogP contribution in [0.3, 0.4) is 0 Å². The van der Waals surface area contributed by atoms with E-state index in [2.05, 4.69) is 22.5 Å². The van der Waals surface area contributed by atoms with Crippen molar-refractivity contribution >= 4 is 17.3 Å². The van der Waals surface area contributed by atoms with Gasteiger partial charge in [-0.2, -0.15) is 0 Å². The van der Waals surface area contributed by atoms with E-state index >= 15 is 0 Å². The summed E-state index contributed by atoms with van der Waals surface area (Å²) in [6, 6.07) is 0. The molecule has 0 fully saturated rings. The standard InChI is InChI=1S/C2H6N2OS/c1-5-4-2(3)6/h1H3,(H3,3,4,6). The average Bonchev–Trinajstić information content (AvgIpc) is 1.35. The molecular weight excluding hydrogens is 100 g/mol. The van der Waals surface area contributed by atoms with Crippen LogP contribution < -0.4 is 11.2 Å². The minimum absolute atomic E-state index is 0.150. The monoisotopic (exact) mass is 106 g/mol. The fraction of sp³-hybridized carbons (Fsp3) is 0.500. The molecular formula is C2H6N2OS. The lowest BCUT2D eigenvalue weighted by Crippen LogP contribution is -2.27. The normalized spacial score (nSPS) is 7.50. The van der Waals surface area contributed by atoms with Crippen molar-refractivity contribution in [3.05, 3.63) is 0 Å². The largest absolute Gasteiger partial charge is 0.375 e. The van der Waals surface area contributed by atoms with E-state index in [0.717, 1.165) is 0 Å². The van der Waals surface area contributed by atoms with Crippen molar-refractivity contribution in [1.82, 2.24) is 5.48 Å². The first-order valence-electron chi connectivity index (χ1n) is 1.36. The molecule has 0 rings (SSSR count). The van der Waals surface area contributed by atoms with E-state index in [1.165, 1.54) is 7.11 Å². The summed E-state index contributed by atoms with van der Waals surface area (Å²) in [5.41, 5.74) is 7.12. The fourth-order valence-electron chi connectivity index (χ4n) is 0.101. The highest BCUT2D eigenvalue weighted by molar-refractivity contribution is 7.80. The third-order valence-corrected chi connectivity index (χ3v) is 0.286.